The van der Waals surface area contributed by atoms with E-state index in [1.54, 1.807) is 0 Å². The maximum absolute atomic E-state index is 12.5. The van der Waals surface area contributed by atoms with Gasteiger partial charge in [0.15, 0.2) is 0 Å². The summed E-state index contributed by atoms with van der Waals surface area (Å²) in [6, 6.07) is 6.28. The maximum atomic E-state index is 12.5. The number of pyridine rings is 1. The number of likely N-dealkylation sites (N-methyl/N-ethyl adjacent to an activating group) is 1. The molecule has 1 saturated carbocycles. The van der Waals surface area contributed by atoms with Gasteiger partial charge in [-0.05, 0) is 64.8 Å². The number of aliphatic imine (C=N–C) groups is 1. The smallest absolute Gasteiger partial charge is 0.234 e. The van der Waals surface area contributed by atoms with E-state index in [4.69, 9.17) is 9.98 Å². The van der Waals surface area contributed by atoms with Crippen LogP contribution in [0.1, 0.15) is 58.2 Å². The molecule has 1 unspecified atom stereocenters. The second kappa shape index (κ2) is 7.48. The van der Waals surface area contributed by atoms with E-state index in [1.807, 2.05) is 52.2 Å². The summed E-state index contributed by atoms with van der Waals surface area (Å²) in [5.41, 5.74) is 5.99. The highest BCUT2D eigenvalue weighted by Gasteiger charge is 2.53. The second-order valence-electron chi connectivity index (χ2n) is 10.1. The third-order valence-electron chi connectivity index (χ3n) is 6.21. The van der Waals surface area contributed by atoms with Crippen LogP contribution in [-0.4, -0.2) is 62.6 Å². The van der Waals surface area contributed by atoms with Gasteiger partial charge in [0.1, 0.15) is 17.9 Å². The monoisotopic (exact) mass is 420 g/mol. The van der Waals surface area contributed by atoms with Crippen LogP contribution in [0.4, 0.5) is 0 Å². The predicted octanol–water partition coefficient (Wildman–Crippen LogP) is 3.15. The molecule has 7 heteroatoms. The highest BCUT2D eigenvalue weighted by atomic mass is 16.2. The zero-order valence-electron chi connectivity index (χ0n) is 18.9. The number of nitrogens with zero attached hydrogens (tertiary/aromatic N) is 5. The van der Waals surface area contributed by atoms with Gasteiger partial charge in [-0.15, -0.1) is 0 Å². The lowest BCUT2D eigenvalue weighted by atomic mass is 9.91. The summed E-state index contributed by atoms with van der Waals surface area (Å²) in [5, 5.41) is 3.07. The number of imidazole rings is 1. The van der Waals surface area contributed by atoms with Crippen molar-refractivity contribution in [1.82, 2.24) is 24.5 Å². The van der Waals surface area contributed by atoms with Crippen molar-refractivity contribution in [1.29, 1.82) is 0 Å². The molecule has 2 bridgehead atoms. The number of nitrogens with one attached hydrogen (secondary N) is 1. The first kappa shape index (κ1) is 20.2. The molecule has 1 saturated heterocycles. The van der Waals surface area contributed by atoms with Gasteiger partial charge >= 0.3 is 0 Å². The first-order valence-electron chi connectivity index (χ1n) is 11.3. The zero-order chi connectivity index (χ0) is 21.8. The van der Waals surface area contributed by atoms with Crippen LogP contribution < -0.4 is 5.32 Å². The van der Waals surface area contributed by atoms with Crippen molar-refractivity contribution in [2.75, 3.05) is 20.1 Å². The second-order valence-corrected chi connectivity index (χ2v) is 10.1. The molecule has 31 heavy (non-hydrogen) atoms. The lowest BCUT2D eigenvalue weighted by Gasteiger charge is -2.26. The Morgan fingerprint density at radius 3 is 2.90 bits per heavy atom. The number of hydrogen-bond donors (Lipinski definition) is 1. The normalized spacial score (nSPS) is 23.0. The quantitative estimate of drug-likeness (QED) is 0.755. The topological polar surface area (TPSA) is 65.0 Å². The molecular weight excluding hydrogens is 388 g/mol. The fraction of sp³-hybridized carbons (Fsp3) is 0.542. The first-order chi connectivity index (χ1) is 14.8. The van der Waals surface area contributed by atoms with Gasteiger partial charge in [0, 0.05) is 42.3 Å². The minimum atomic E-state index is -0.215. The Morgan fingerprint density at radius 1 is 1.29 bits per heavy atom. The summed E-state index contributed by atoms with van der Waals surface area (Å²) in [6.45, 7) is 7.19. The molecule has 3 aliphatic rings. The van der Waals surface area contributed by atoms with Gasteiger partial charge in [-0.1, -0.05) is 6.07 Å². The van der Waals surface area contributed by atoms with Crippen LogP contribution >= 0.6 is 0 Å². The minimum Gasteiger partial charge on any atom is -0.350 e. The van der Waals surface area contributed by atoms with Crippen molar-refractivity contribution in [2.45, 2.75) is 64.2 Å². The van der Waals surface area contributed by atoms with Crippen molar-refractivity contribution in [2.24, 2.45) is 4.99 Å². The Morgan fingerprint density at radius 2 is 2.13 bits per heavy atom. The van der Waals surface area contributed by atoms with E-state index in [0.717, 1.165) is 37.1 Å². The molecule has 7 nitrogen and oxygen atoms in total. The fourth-order valence-corrected chi connectivity index (χ4v) is 4.93. The molecule has 2 aromatic heterocycles. The van der Waals surface area contributed by atoms with Crippen LogP contribution in [0.3, 0.4) is 0 Å². The van der Waals surface area contributed by atoms with Crippen molar-refractivity contribution in [3.8, 4) is 0 Å². The van der Waals surface area contributed by atoms with Crippen LogP contribution in [0, 0.1) is 0 Å². The molecule has 5 rings (SSSR count). The summed E-state index contributed by atoms with van der Waals surface area (Å²) in [4.78, 5) is 27.0. The Kier molecular flexibility index (Phi) is 4.88. The van der Waals surface area contributed by atoms with E-state index < -0.39 is 0 Å². The number of aromatic nitrogens is 2. The highest BCUT2D eigenvalue weighted by molar-refractivity contribution is 5.88. The summed E-state index contributed by atoms with van der Waals surface area (Å²) >= 11 is 0. The van der Waals surface area contributed by atoms with Crippen molar-refractivity contribution < 1.29 is 4.79 Å². The molecule has 2 atom stereocenters. The largest absolute Gasteiger partial charge is 0.350 e. The minimum absolute atomic E-state index is 0.0639. The molecule has 4 heterocycles. The SMILES string of the molecule is CN(CC(=O)NC(C)(C)C)CC1=C2CCCC(=N[C@H]3C(c4cn5ccccc5n4)N13)C2. The number of hydrogen-bond acceptors (Lipinski definition) is 5. The molecular formula is C24H32N6O. The number of allylic oxidation sites excluding steroid dienone is 1. The number of amides is 1. The van der Waals surface area contributed by atoms with Crippen LogP contribution in [0.5, 0.6) is 0 Å². The van der Waals surface area contributed by atoms with E-state index in [0.29, 0.717) is 6.54 Å². The van der Waals surface area contributed by atoms with Crippen molar-refractivity contribution in [3.63, 3.8) is 0 Å². The zero-order valence-corrected chi connectivity index (χ0v) is 18.9. The van der Waals surface area contributed by atoms with Crippen molar-refractivity contribution >= 4 is 17.3 Å². The van der Waals surface area contributed by atoms with Crippen LogP contribution in [0.15, 0.2) is 46.9 Å². The number of carbonyl (C=O) groups is 1. The van der Waals surface area contributed by atoms with Gasteiger partial charge in [0.2, 0.25) is 5.91 Å². The lowest BCUT2D eigenvalue weighted by Crippen LogP contribution is -2.45. The Bertz CT molecular complexity index is 1040. The van der Waals surface area contributed by atoms with E-state index in [2.05, 4.69) is 25.7 Å². The summed E-state index contributed by atoms with van der Waals surface area (Å²) in [6.07, 6.45) is 8.70. The summed E-state index contributed by atoms with van der Waals surface area (Å²) < 4.78 is 2.08. The number of rotatable bonds is 5. The average molecular weight is 421 g/mol. The standard InChI is InChI=1S/C24H32N6O/c1-24(2,3)27-21(31)15-28(4)14-19-16-8-7-9-17(12-16)25-23-22(30(19)23)18-13-29-11-6-5-10-20(29)26-18/h5-6,10-11,13,22-23H,7-9,12,14-15H2,1-4H3,(H,27,31)/t22?,23-,30?/m1/s1. The Hall–Kier alpha value is -2.67. The third kappa shape index (κ3) is 4.11. The molecule has 0 spiro atoms. The third-order valence-corrected chi connectivity index (χ3v) is 6.21. The van der Waals surface area contributed by atoms with Crippen LogP contribution in [0.25, 0.3) is 5.65 Å². The molecule has 2 aliphatic heterocycles. The lowest BCUT2D eigenvalue weighted by molar-refractivity contribution is -0.123. The van der Waals surface area contributed by atoms with Gasteiger partial charge in [0.05, 0.1) is 12.2 Å². The highest BCUT2D eigenvalue weighted by Crippen LogP contribution is 2.51. The molecule has 164 valence electrons. The van der Waals surface area contributed by atoms with Gasteiger partial charge in [-0.25, -0.2) is 4.98 Å². The Labute approximate surface area is 183 Å². The number of carbonyl (C=O) groups excluding carboxylic acids is 1. The van der Waals surface area contributed by atoms with Gasteiger partial charge < -0.3 is 14.6 Å². The fourth-order valence-electron chi connectivity index (χ4n) is 4.93. The van der Waals surface area contributed by atoms with Gasteiger partial charge in [0.25, 0.3) is 0 Å². The molecule has 2 fully saturated rings. The van der Waals surface area contributed by atoms with Gasteiger partial charge in [-0.2, -0.15) is 0 Å². The molecule has 0 aromatic carbocycles. The molecule has 1 aliphatic carbocycles. The molecule has 2 aromatic rings. The van der Waals surface area contributed by atoms with Crippen molar-refractivity contribution in [3.05, 3.63) is 47.6 Å². The average Bonchev–Trinajstić information content (AvgIpc) is 3.23. The number of fused-ring (bicyclic) bond motifs is 4. The van der Waals surface area contributed by atoms with E-state index in [-0.39, 0.29) is 23.7 Å². The molecule has 1 amide bonds. The first-order valence-corrected chi connectivity index (χ1v) is 11.3. The van der Waals surface area contributed by atoms with E-state index in [9.17, 15) is 4.79 Å². The van der Waals surface area contributed by atoms with E-state index >= 15 is 0 Å². The maximum Gasteiger partial charge on any atom is 0.234 e. The molecule has 0 radical (unpaired) electrons. The predicted molar refractivity (Wildman–Crippen MR) is 122 cm³/mol. The van der Waals surface area contributed by atoms with Crippen LogP contribution in [0.2, 0.25) is 0 Å². The summed E-state index contributed by atoms with van der Waals surface area (Å²) in [7, 11) is 2.03. The van der Waals surface area contributed by atoms with Crippen LogP contribution in [-0.2, 0) is 4.79 Å². The Balaban J connectivity index is 1.38. The summed E-state index contributed by atoms with van der Waals surface area (Å²) in [5.74, 6) is 0.0639. The van der Waals surface area contributed by atoms with Gasteiger partial charge in [-0.3, -0.25) is 14.7 Å². The molecule has 1 N–H and O–H groups in total. The van der Waals surface area contributed by atoms with E-state index in [1.165, 1.54) is 23.4 Å².